The van der Waals surface area contributed by atoms with Crippen LogP contribution in [0.1, 0.15) is 26.2 Å². The summed E-state index contributed by atoms with van der Waals surface area (Å²) in [5.74, 6) is 0.815. The van der Waals surface area contributed by atoms with Crippen LogP contribution >= 0.6 is 0 Å². The first kappa shape index (κ1) is 23.9. The number of hydrogen-bond acceptors (Lipinski definition) is 5. The van der Waals surface area contributed by atoms with Gasteiger partial charge in [-0.05, 0) is 41.7 Å². The van der Waals surface area contributed by atoms with E-state index in [1.807, 2.05) is 24.9 Å². The van der Waals surface area contributed by atoms with Crippen LogP contribution in [0.4, 0.5) is 0 Å². The van der Waals surface area contributed by atoms with Gasteiger partial charge in [0.05, 0.1) is 11.4 Å². The highest BCUT2D eigenvalue weighted by molar-refractivity contribution is 6.01. The summed E-state index contributed by atoms with van der Waals surface area (Å²) in [6.45, 7) is 19.6. The standard InChI is InChI=1S/C28H35N5/c1-7-10-27-32-24(13-14-26(19(2)3)33(27)6)21(5)30-17-22-11-8-9-12-23(16-22)18-31-25-15-20(4)28(25)29/h7-10,12,14,16,30-31H,1-2,4-5,11,13,15,17-18,29H2,3,6H3/b27-10-. The maximum atomic E-state index is 5.98. The van der Waals surface area contributed by atoms with Crippen molar-refractivity contribution in [3.63, 3.8) is 0 Å². The first-order valence-electron chi connectivity index (χ1n) is 11.2. The van der Waals surface area contributed by atoms with E-state index in [1.54, 1.807) is 6.08 Å². The average Bonchev–Trinajstić information content (AvgIpc) is 3.11. The van der Waals surface area contributed by atoms with E-state index in [9.17, 15) is 0 Å². The monoisotopic (exact) mass is 441 g/mol. The van der Waals surface area contributed by atoms with Gasteiger partial charge in [-0.15, -0.1) is 0 Å². The summed E-state index contributed by atoms with van der Waals surface area (Å²) in [7, 11) is 1.99. The summed E-state index contributed by atoms with van der Waals surface area (Å²) in [5, 5.41) is 6.91. The van der Waals surface area contributed by atoms with Crippen LogP contribution in [0.15, 0.2) is 125 Å². The molecule has 33 heavy (non-hydrogen) atoms. The molecular weight excluding hydrogens is 406 g/mol. The van der Waals surface area contributed by atoms with Crippen molar-refractivity contribution in [1.82, 2.24) is 15.5 Å². The average molecular weight is 442 g/mol. The van der Waals surface area contributed by atoms with Gasteiger partial charge in [0.2, 0.25) is 0 Å². The quantitative estimate of drug-likeness (QED) is 0.477. The Bertz CT molecular complexity index is 1090. The van der Waals surface area contributed by atoms with E-state index in [-0.39, 0.29) is 0 Å². The van der Waals surface area contributed by atoms with Crippen LogP contribution in [-0.2, 0) is 0 Å². The molecule has 0 atom stereocenters. The van der Waals surface area contributed by atoms with E-state index in [0.717, 1.165) is 64.9 Å². The molecule has 0 spiro atoms. The fourth-order valence-corrected chi connectivity index (χ4v) is 3.83. The number of allylic oxidation sites excluding steroid dienone is 10. The number of nitrogens with two attached hydrogens (primary N) is 1. The Morgan fingerprint density at radius 3 is 2.73 bits per heavy atom. The van der Waals surface area contributed by atoms with E-state index < -0.39 is 0 Å². The molecule has 0 aromatic rings. The fraction of sp³-hybridized carbons (Fsp3) is 0.250. The predicted octanol–water partition coefficient (Wildman–Crippen LogP) is 4.89. The molecule has 1 aliphatic heterocycles. The first-order valence-corrected chi connectivity index (χ1v) is 11.2. The smallest absolute Gasteiger partial charge is 0.133 e. The number of aliphatic imine (C=N–C) groups is 1. The van der Waals surface area contributed by atoms with Crippen molar-refractivity contribution in [1.29, 1.82) is 0 Å². The van der Waals surface area contributed by atoms with Crippen LogP contribution < -0.4 is 16.4 Å². The largest absolute Gasteiger partial charge is 0.397 e. The number of likely N-dealkylation sites (N-methyl/N-ethyl adjacent to an activating group) is 1. The minimum Gasteiger partial charge on any atom is -0.397 e. The van der Waals surface area contributed by atoms with E-state index in [4.69, 9.17) is 10.7 Å². The van der Waals surface area contributed by atoms with Gasteiger partial charge >= 0.3 is 0 Å². The minimum absolute atomic E-state index is 0.683. The Hall–Kier alpha value is -3.73. The lowest BCUT2D eigenvalue weighted by Gasteiger charge is -2.24. The summed E-state index contributed by atoms with van der Waals surface area (Å²) in [6.07, 6.45) is 16.9. The summed E-state index contributed by atoms with van der Waals surface area (Å²) >= 11 is 0. The Kier molecular flexibility index (Phi) is 7.78. The molecule has 0 bridgehead atoms. The molecule has 0 aromatic carbocycles. The summed E-state index contributed by atoms with van der Waals surface area (Å²) in [6, 6.07) is 0. The molecule has 3 aliphatic rings. The van der Waals surface area contributed by atoms with Crippen LogP contribution in [0.3, 0.4) is 0 Å². The van der Waals surface area contributed by atoms with Crippen molar-refractivity contribution in [2.75, 3.05) is 20.1 Å². The Labute approximate surface area is 198 Å². The zero-order chi connectivity index (χ0) is 24.0. The number of nitrogens with one attached hydrogen (secondary N) is 2. The maximum absolute atomic E-state index is 5.98. The Morgan fingerprint density at radius 2 is 2.06 bits per heavy atom. The number of nitrogens with zero attached hydrogens (tertiary/aromatic N) is 2. The molecule has 5 heteroatoms. The highest BCUT2D eigenvalue weighted by atomic mass is 15.2. The van der Waals surface area contributed by atoms with Crippen molar-refractivity contribution < 1.29 is 0 Å². The molecule has 1 heterocycles. The topological polar surface area (TPSA) is 65.7 Å². The molecule has 0 amide bonds. The van der Waals surface area contributed by atoms with Gasteiger partial charge in [0.1, 0.15) is 5.82 Å². The van der Waals surface area contributed by atoms with Gasteiger partial charge < -0.3 is 21.3 Å². The molecule has 3 rings (SSSR count). The van der Waals surface area contributed by atoms with E-state index in [1.165, 1.54) is 11.1 Å². The molecule has 0 radical (unpaired) electrons. The lowest BCUT2D eigenvalue weighted by Crippen LogP contribution is -2.28. The second kappa shape index (κ2) is 10.7. The van der Waals surface area contributed by atoms with Crippen molar-refractivity contribution in [2.24, 2.45) is 10.7 Å². The van der Waals surface area contributed by atoms with Crippen LogP contribution in [0.2, 0.25) is 0 Å². The van der Waals surface area contributed by atoms with Crippen molar-refractivity contribution in [2.45, 2.75) is 26.2 Å². The Balaban J connectivity index is 1.66. The second-order valence-corrected chi connectivity index (χ2v) is 8.49. The molecule has 4 N–H and O–H groups in total. The minimum atomic E-state index is 0.683. The van der Waals surface area contributed by atoms with Gasteiger partial charge in [-0.3, -0.25) is 0 Å². The number of hydrogen-bond donors (Lipinski definition) is 3. The second-order valence-electron chi connectivity index (χ2n) is 8.49. The maximum Gasteiger partial charge on any atom is 0.133 e. The molecule has 0 unspecified atom stereocenters. The fourth-order valence-electron chi connectivity index (χ4n) is 3.83. The van der Waals surface area contributed by atoms with E-state index >= 15 is 0 Å². The lowest BCUT2D eigenvalue weighted by molar-refractivity contribution is 0.524. The third-order valence-electron chi connectivity index (χ3n) is 5.84. The van der Waals surface area contributed by atoms with Gasteiger partial charge in [0.25, 0.3) is 0 Å². The van der Waals surface area contributed by atoms with Gasteiger partial charge in [-0.25, -0.2) is 4.99 Å². The van der Waals surface area contributed by atoms with Gasteiger partial charge in [0.15, 0.2) is 0 Å². The molecule has 0 saturated carbocycles. The molecule has 0 aromatic heterocycles. The van der Waals surface area contributed by atoms with Gasteiger partial charge in [-0.1, -0.05) is 62.8 Å². The van der Waals surface area contributed by atoms with Crippen LogP contribution in [0.25, 0.3) is 0 Å². The molecular formula is C28H35N5. The first-order chi connectivity index (χ1) is 15.8. The van der Waals surface area contributed by atoms with Crippen LogP contribution in [-0.4, -0.2) is 30.7 Å². The molecule has 172 valence electrons. The zero-order valence-corrected chi connectivity index (χ0v) is 19.9. The lowest BCUT2D eigenvalue weighted by atomic mass is 9.95. The van der Waals surface area contributed by atoms with Crippen molar-refractivity contribution in [3.05, 3.63) is 120 Å². The molecule has 0 saturated heterocycles. The number of rotatable bonds is 9. The van der Waals surface area contributed by atoms with Gasteiger partial charge in [-0.2, -0.15) is 0 Å². The molecule has 0 fully saturated rings. The SMILES string of the molecule is C=C/C=C1/N=C(C(=C)NCC2=CC(CNC3=C(N)C(=C)C3)=CC=CC2)CC=C(C(=C)C)N1C. The molecule has 2 aliphatic carbocycles. The molecule has 5 nitrogen and oxygen atoms in total. The van der Waals surface area contributed by atoms with Crippen LogP contribution in [0, 0.1) is 0 Å². The normalized spacial score (nSPS) is 19.5. The third kappa shape index (κ3) is 5.95. The van der Waals surface area contributed by atoms with Crippen LogP contribution in [0.5, 0.6) is 0 Å². The van der Waals surface area contributed by atoms with E-state index in [2.05, 4.69) is 67.3 Å². The van der Waals surface area contributed by atoms with Crippen molar-refractivity contribution in [3.8, 4) is 0 Å². The summed E-state index contributed by atoms with van der Waals surface area (Å²) in [4.78, 5) is 6.89. The third-order valence-corrected chi connectivity index (χ3v) is 5.84. The summed E-state index contributed by atoms with van der Waals surface area (Å²) < 4.78 is 0. The Morgan fingerprint density at radius 1 is 1.27 bits per heavy atom. The zero-order valence-electron chi connectivity index (χ0n) is 19.9. The van der Waals surface area contributed by atoms with Crippen molar-refractivity contribution >= 4 is 5.71 Å². The highest BCUT2D eigenvalue weighted by Gasteiger charge is 2.19. The summed E-state index contributed by atoms with van der Waals surface area (Å²) in [5.41, 5.74) is 15.1. The highest BCUT2D eigenvalue weighted by Crippen LogP contribution is 2.26. The van der Waals surface area contributed by atoms with Gasteiger partial charge in [0, 0.05) is 50.1 Å². The van der Waals surface area contributed by atoms with E-state index in [0.29, 0.717) is 13.0 Å². The predicted molar refractivity (Wildman–Crippen MR) is 141 cm³/mol.